The molecule has 0 radical (unpaired) electrons. The molecule has 0 saturated carbocycles. The van der Waals surface area contributed by atoms with Crippen molar-refractivity contribution < 1.29 is 9.59 Å². The molecule has 2 aliphatic rings. The van der Waals surface area contributed by atoms with Gasteiger partial charge in [-0.15, -0.1) is 11.3 Å². The Bertz CT molecular complexity index is 780. The molecule has 0 unspecified atom stereocenters. The molecule has 7 heteroatoms. The van der Waals surface area contributed by atoms with Crippen LogP contribution in [-0.2, 0) is 4.79 Å². The minimum absolute atomic E-state index is 0.000373. The van der Waals surface area contributed by atoms with Gasteiger partial charge in [-0.3, -0.25) is 9.59 Å². The Morgan fingerprint density at radius 1 is 1.15 bits per heavy atom. The van der Waals surface area contributed by atoms with Crippen LogP contribution in [0, 0.1) is 5.41 Å². The number of aromatic nitrogens is 2. The first-order valence-electron chi connectivity index (χ1n) is 9.07. The summed E-state index contributed by atoms with van der Waals surface area (Å²) in [5.74, 6) is 0.813. The molecule has 2 aliphatic heterocycles. The SMILES string of the molecule is O=C1CCC2(CCN1)CCN(C(=O)c1cnc(-c3cccs3)nc1)CC2. The lowest BCUT2D eigenvalue weighted by atomic mass is 9.73. The minimum atomic E-state index is 0.000373. The highest BCUT2D eigenvalue weighted by molar-refractivity contribution is 7.13. The van der Waals surface area contributed by atoms with Crippen LogP contribution in [0.2, 0.25) is 0 Å². The second-order valence-corrected chi connectivity index (χ2v) is 8.11. The van der Waals surface area contributed by atoms with Crippen LogP contribution in [-0.4, -0.2) is 46.3 Å². The van der Waals surface area contributed by atoms with Crippen molar-refractivity contribution in [1.29, 1.82) is 0 Å². The number of rotatable bonds is 2. The summed E-state index contributed by atoms with van der Waals surface area (Å²) in [4.78, 5) is 36.0. The number of nitrogens with one attached hydrogen (secondary N) is 1. The number of hydrogen-bond donors (Lipinski definition) is 1. The van der Waals surface area contributed by atoms with Crippen LogP contribution in [0.5, 0.6) is 0 Å². The van der Waals surface area contributed by atoms with Crippen LogP contribution in [0.4, 0.5) is 0 Å². The summed E-state index contributed by atoms with van der Waals surface area (Å²) in [6.45, 7) is 2.23. The van der Waals surface area contributed by atoms with Gasteiger partial charge in [0.05, 0.1) is 10.4 Å². The van der Waals surface area contributed by atoms with Crippen LogP contribution < -0.4 is 5.32 Å². The number of nitrogens with zero attached hydrogens (tertiary/aromatic N) is 3. The number of thiophene rings is 1. The van der Waals surface area contributed by atoms with Gasteiger partial charge in [-0.25, -0.2) is 9.97 Å². The third kappa shape index (κ3) is 3.49. The Morgan fingerprint density at radius 3 is 2.62 bits per heavy atom. The van der Waals surface area contributed by atoms with E-state index in [4.69, 9.17) is 0 Å². The standard InChI is InChI=1S/C19H22N4O2S/c24-16-3-4-19(5-8-20-16)6-9-23(10-7-19)18(25)14-12-21-17(22-13-14)15-2-1-11-26-15/h1-2,11-13H,3-10H2,(H,20,24). The maximum Gasteiger partial charge on any atom is 0.256 e. The second-order valence-electron chi connectivity index (χ2n) is 7.16. The zero-order chi connectivity index (χ0) is 18.0. The number of likely N-dealkylation sites (tertiary alicyclic amines) is 1. The van der Waals surface area contributed by atoms with E-state index in [1.165, 1.54) is 0 Å². The van der Waals surface area contributed by atoms with Gasteiger partial charge in [0, 0.05) is 38.4 Å². The Morgan fingerprint density at radius 2 is 1.92 bits per heavy atom. The molecule has 2 fully saturated rings. The lowest BCUT2D eigenvalue weighted by molar-refractivity contribution is -0.121. The molecule has 2 saturated heterocycles. The van der Waals surface area contributed by atoms with Crippen LogP contribution in [0.3, 0.4) is 0 Å². The van der Waals surface area contributed by atoms with Gasteiger partial charge in [-0.2, -0.15) is 0 Å². The molecule has 0 atom stereocenters. The van der Waals surface area contributed by atoms with Gasteiger partial charge >= 0.3 is 0 Å². The molecule has 0 aliphatic carbocycles. The minimum Gasteiger partial charge on any atom is -0.356 e. The Labute approximate surface area is 156 Å². The third-order valence-electron chi connectivity index (χ3n) is 5.61. The lowest BCUT2D eigenvalue weighted by Gasteiger charge is -2.41. The maximum atomic E-state index is 12.8. The zero-order valence-electron chi connectivity index (χ0n) is 14.6. The van der Waals surface area contributed by atoms with Crippen molar-refractivity contribution in [3.05, 3.63) is 35.5 Å². The summed E-state index contributed by atoms with van der Waals surface area (Å²) in [5.41, 5.74) is 0.745. The summed E-state index contributed by atoms with van der Waals surface area (Å²) in [6.07, 6.45) is 7.72. The molecule has 1 spiro atoms. The van der Waals surface area contributed by atoms with Gasteiger partial charge in [-0.1, -0.05) is 6.07 Å². The quantitative estimate of drug-likeness (QED) is 0.882. The third-order valence-corrected chi connectivity index (χ3v) is 6.48. The van der Waals surface area contributed by atoms with E-state index in [9.17, 15) is 9.59 Å². The number of carbonyl (C=O) groups excluding carboxylic acids is 2. The van der Waals surface area contributed by atoms with E-state index >= 15 is 0 Å². The fraction of sp³-hybridized carbons (Fsp3) is 0.474. The average Bonchev–Trinajstić information content (AvgIpc) is 3.15. The zero-order valence-corrected chi connectivity index (χ0v) is 15.4. The molecule has 4 rings (SSSR count). The van der Waals surface area contributed by atoms with Crippen LogP contribution in [0.15, 0.2) is 29.9 Å². The average molecular weight is 370 g/mol. The highest BCUT2D eigenvalue weighted by atomic mass is 32.1. The van der Waals surface area contributed by atoms with E-state index in [1.54, 1.807) is 23.7 Å². The van der Waals surface area contributed by atoms with Gasteiger partial charge in [0.2, 0.25) is 5.91 Å². The first kappa shape index (κ1) is 17.1. The molecule has 0 aromatic carbocycles. The largest absolute Gasteiger partial charge is 0.356 e. The molecule has 1 N–H and O–H groups in total. The molecule has 136 valence electrons. The second kappa shape index (κ2) is 7.15. The normalized spacial score (nSPS) is 19.8. The Balaban J connectivity index is 1.39. The summed E-state index contributed by atoms with van der Waals surface area (Å²) in [6, 6.07) is 3.93. The van der Waals surface area contributed by atoms with Crippen LogP contribution in [0.1, 0.15) is 42.5 Å². The van der Waals surface area contributed by atoms with Gasteiger partial charge in [0.15, 0.2) is 5.82 Å². The molecule has 6 nitrogen and oxygen atoms in total. The van der Waals surface area contributed by atoms with Crippen molar-refractivity contribution in [3.63, 3.8) is 0 Å². The van der Waals surface area contributed by atoms with Crippen LogP contribution >= 0.6 is 11.3 Å². The number of carbonyl (C=O) groups is 2. The molecule has 4 heterocycles. The molecule has 26 heavy (non-hydrogen) atoms. The smallest absolute Gasteiger partial charge is 0.256 e. The van der Waals surface area contributed by atoms with E-state index in [0.29, 0.717) is 17.8 Å². The predicted molar refractivity (Wildman–Crippen MR) is 99.8 cm³/mol. The first-order chi connectivity index (χ1) is 12.7. The van der Waals surface area contributed by atoms with Crippen LogP contribution in [0.25, 0.3) is 10.7 Å². The van der Waals surface area contributed by atoms with Gasteiger partial charge < -0.3 is 10.2 Å². The van der Waals surface area contributed by atoms with E-state index in [2.05, 4.69) is 15.3 Å². The van der Waals surface area contributed by atoms with Crippen molar-refractivity contribution >= 4 is 23.2 Å². The molecular weight excluding hydrogens is 348 g/mol. The summed E-state index contributed by atoms with van der Waals surface area (Å²) in [5, 5.41) is 4.94. The molecule has 2 aromatic heterocycles. The summed E-state index contributed by atoms with van der Waals surface area (Å²) in [7, 11) is 0. The van der Waals surface area contributed by atoms with E-state index < -0.39 is 0 Å². The van der Waals surface area contributed by atoms with Gasteiger partial charge in [0.25, 0.3) is 5.91 Å². The number of amides is 2. The maximum absolute atomic E-state index is 12.8. The van der Waals surface area contributed by atoms with Gasteiger partial charge in [0.1, 0.15) is 0 Å². The van der Waals surface area contributed by atoms with Crippen molar-refractivity contribution in [2.45, 2.75) is 32.1 Å². The van der Waals surface area contributed by atoms with Crippen molar-refractivity contribution in [2.24, 2.45) is 5.41 Å². The van der Waals surface area contributed by atoms with Crippen molar-refractivity contribution in [1.82, 2.24) is 20.2 Å². The fourth-order valence-electron chi connectivity index (χ4n) is 3.90. The topological polar surface area (TPSA) is 75.2 Å². The molecular formula is C19H22N4O2S. The highest BCUT2D eigenvalue weighted by Crippen LogP contribution is 2.40. The monoisotopic (exact) mass is 370 g/mol. The summed E-state index contributed by atoms with van der Waals surface area (Å²) < 4.78 is 0. The first-order valence-corrected chi connectivity index (χ1v) is 9.95. The molecule has 0 bridgehead atoms. The Kier molecular flexibility index (Phi) is 4.72. The molecule has 2 aromatic rings. The summed E-state index contributed by atoms with van der Waals surface area (Å²) >= 11 is 1.58. The van der Waals surface area contributed by atoms with Gasteiger partial charge in [-0.05, 0) is 42.5 Å². The lowest BCUT2D eigenvalue weighted by Crippen LogP contribution is -2.43. The van der Waals surface area contributed by atoms with Crippen molar-refractivity contribution in [2.75, 3.05) is 19.6 Å². The highest BCUT2D eigenvalue weighted by Gasteiger charge is 2.37. The van der Waals surface area contributed by atoms with E-state index in [-0.39, 0.29) is 17.2 Å². The van der Waals surface area contributed by atoms with E-state index in [0.717, 1.165) is 50.2 Å². The molecule has 2 amide bonds. The number of piperidine rings is 1. The van der Waals surface area contributed by atoms with E-state index in [1.807, 2.05) is 22.4 Å². The van der Waals surface area contributed by atoms with Crippen molar-refractivity contribution in [3.8, 4) is 10.7 Å². The Hall–Kier alpha value is -2.28. The predicted octanol–water partition coefficient (Wildman–Crippen LogP) is 2.73. The fourth-order valence-corrected chi connectivity index (χ4v) is 4.57. The number of hydrogen-bond acceptors (Lipinski definition) is 5.